The van der Waals surface area contributed by atoms with E-state index in [9.17, 15) is 8.42 Å². The van der Waals surface area contributed by atoms with Crippen LogP contribution in [0.15, 0.2) is 65.0 Å². The summed E-state index contributed by atoms with van der Waals surface area (Å²) in [6, 6.07) is 12.9. The van der Waals surface area contributed by atoms with Crippen molar-refractivity contribution in [2.75, 3.05) is 20.2 Å². The van der Waals surface area contributed by atoms with E-state index in [4.69, 9.17) is 4.74 Å². The van der Waals surface area contributed by atoms with E-state index in [1.807, 2.05) is 49.5 Å². The van der Waals surface area contributed by atoms with Gasteiger partial charge in [0.2, 0.25) is 10.0 Å². The predicted octanol–water partition coefficient (Wildman–Crippen LogP) is 3.85. The lowest BCUT2D eigenvalue weighted by Gasteiger charge is -2.43. The van der Waals surface area contributed by atoms with Gasteiger partial charge in [0.1, 0.15) is 5.75 Å². The number of fused-ring (bicyclic) bond motifs is 2. The van der Waals surface area contributed by atoms with Crippen molar-refractivity contribution < 1.29 is 13.2 Å². The molecule has 0 N–H and O–H groups in total. The second-order valence-corrected chi connectivity index (χ2v) is 9.39. The molecule has 2 atom stereocenters. The Bertz CT molecular complexity index is 1040. The third kappa shape index (κ3) is 2.88. The number of ether oxygens (including phenoxy) is 1. The summed E-state index contributed by atoms with van der Waals surface area (Å²) in [5.74, 6) is 0.708. The minimum absolute atomic E-state index is 0.0708. The summed E-state index contributed by atoms with van der Waals surface area (Å²) in [6.45, 7) is 6.76. The van der Waals surface area contributed by atoms with Crippen LogP contribution in [-0.4, -0.2) is 39.1 Å². The van der Waals surface area contributed by atoms with Crippen LogP contribution in [0.5, 0.6) is 5.75 Å². The summed E-state index contributed by atoms with van der Waals surface area (Å²) in [6.07, 6.45) is 4.48. The van der Waals surface area contributed by atoms with Crippen molar-refractivity contribution in [3.05, 3.63) is 66.2 Å². The average Bonchev–Trinajstić information content (AvgIpc) is 3.06. The molecule has 0 aromatic heterocycles. The van der Waals surface area contributed by atoms with E-state index >= 15 is 0 Å². The standard InChI is InChI=1S/C22H24N2O3S/c1-4-17-14-24(28(25,26)19-8-5-16(2)6-9-19)12-11-22(17)15-23-21-10-7-18(27-3)13-20(21)22/h4-10,13,15,17H,1,11-12,14H2,2-3H3/t17-,22+/m0/s1. The van der Waals surface area contributed by atoms with Gasteiger partial charge in [-0.25, -0.2) is 8.42 Å². The van der Waals surface area contributed by atoms with Crippen molar-refractivity contribution in [1.29, 1.82) is 0 Å². The van der Waals surface area contributed by atoms with Crippen LogP contribution in [0.3, 0.4) is 0 Å². The van der Waals surface area contributed by atoms with Crippen molar-refractivity contribution in [2.24, 2.45) is 10.9 Å². The van der Waals surface area contributed by atoms with Crippen LogP contribution in [0.1, 0.15) is 17.5 Å². The van der Waals surface area contributed by atoms with Gasteiger partial charge < -0.3 is 4.74 Å². The summed E-state index contributed by atoms with van der Waals surface area (Å²) in [7, 11) is -1.90. The average molecular weight is 397 g/mol. The maximum Gasteiger partial charge on any atom is 0.243 e. The van der Waals surface area contributed by atoms with Gasteiger partial charge >= 0.3 is 0 Å². The van der Waals surface area contributed by atoms with Crippen LogP contribution in [-0.2, 0) is 15.4 Å². The lowest BCUT2D eigenvalue weighted by molar-refractivity contribution is 0.237. The van der Waals surface area contributed by atoms with Crippen LogP contribution in [0, 0.1) is 12.8 Å². The molecular weight excluding hydrogens is 372 g/mol. The molecule has 2 aliphatic heterocycles. The fourth-order valence-electron chi connectivity index (χ4n) is 4.21. The zero-order valence-electron chi connectivity index (χ0n) is 16.1. The second kappa shape index (κ2) is 6.87. The third-order valence-electron chi connectivity index (χ3n) is 5.92. The maximum absolute atomic E-state index is 13.1. The molecule has 0 amide bonds. The highest BCUT2D eigenvalue weighted by atomic mass is 32.2. The number of nitrogens with zero attached hydrogens (tertiary/aromatic N) is 2. The Morgan fingerprint density at radius 3 is 2.68 bits per heavy atom. The number of benzene rings is 2. The van der Waals surface area contributed by atoms with Gasteiger partial charge in [0.25, 0.3) is 0 Å². The summed E-state index contributed by atoms with van der Waals surface area (Å²) >= 11 is 0. The van der Waals surface area contributed by atoms with Crippen LogP contribution in [0.2, 0.25) is 0 Å². The minimum Gasteiger partial charge on any atom is -0.497 e. The van der Waals surface area contributed by atoms with Crippen molar-refractivity contribution in [3.63, 3.8) is 0 Å². The Morgan fingerprint density at radius 1 is 1.25 bits per heavy atom. The predicted molar refractivity (Wildman–Crippen MR) is 111 cm³/mol. The number of piperidine rings is 1. The van der Waals surface area contributed by atoms with Crippen molar-refractivity contribution in [2.45, 2.75) is 23.7 Å². The van der Waals surface area contributed by atoms with Crippen molar-refractivity contribution in [1.82, 2.24) is 4.31 Å². The molecule has 0 unspecified atom stereocenters. The molecule has 0 saturated carbocycles. The van der Waals surface area contributed by atoms with E-state index in [-0.39, 0.29) is 11.3 Å². The van der Waals surface area contributed by atoms with Crippen molar-refractivity contribution in [3.8, 4) is 5.75 Å². The topological polar surface area (TPSA) is 59.0 Å². The first-order valence-electron chi connectivity index (χ1n) is 9.34. The molecule has 28 heavy (non-hydrogen) atoms. The minimum atomic E-state index is -3.54. The fourth-order valence-corrected chi connectivity index (χ4v) is 5.67. The molecule has 2 aromatic rings. The van der Waals surface area contributed by atoms with E-state index in [0.29, 0.717) is 24.4 Å². The third-order valence-corrected chi connectivity index (χ3v) is 7.80. The van der Waals surface area contributed by atoms with Gasteiger partial charge in [0, 0.05) is 30.6 Å². The van der Waals surface area contributed by atoms with Gasteiger partial charge in [-0.3, -0.25) is 4.99 Å². The van der Waals surface area contributed by atoms with Gasteiger partial charge in [0.05, 0.1) is 17.7 Å². The maximum atomic E-state index is 13.1. The molecule has 2 aromatic carbocycles. The van der Waals surface area contributed by atoms with E-state index in [1.54, 1.807) is 23.5 Å². The highest BCUT2D eigenvalue weighted by molar-refractivity contribution is 7.89. The smallest absolute Gasteiger partial charge is 0.243 e. The number of aliphatic imine (C=N–C) groups is 1. The van der Waals surface area contributed by atoms with Crippen LogP contribution >= 0.6 is 0 Å². The first-order valence-corrected chi connectivity index (χ1v) is 10.8. The van der Waals surface area contributed by atoms with Gasteiger partial charge in [0.15, 0.2) is 0 Å². The fraction of sp³-hybridized carbons (Fsp3) is 0.318. The molecule has 0 aliphatic carbocycles. The molecular formula is C22H24N2O3S. The van der Waals surface area contributed by atoms with E-state index in [0.717, 1.165) is 22.6 Å². The molecule has 0 radical (unpaired) electrons. The number of rotatable bonds is 4. The first kappa shape index (κ1) is 18.9. The second-order valence-electron chi connectivity index (χ2n) is 7.45. The lowest BCUT2D eigenvalue weighted by Crippen LogP contribution is -2.51. The Morgan fingerprint density at radius 2 is 2.00 bits per heavy atom. The molecule has 5 nitrogen and oxygen atoms in total. The van der Waals surface area contributed by atoms with Crippen LogP contribution < -0.4 is 4.74 Å². The number of aryl methyl sites for hydroxylation is 1. The zero-order chi connectivity index (χ0) is 19.9. The van der Waals surface area contributed by atoms with E-state index in [2.05, 4.69) is 11.6 Å². The Hall–Kier alpha value is -2.44. The summed E-state index contributed by atoms with van der Waals surface area (Å²) in [5, 5.41) is 0. The normalized spacial score (nSPS) is 24.3. The monoisotopic (exact) mass is 396 g/mol. The molecule has 1 saturated heterocycles. The number of hydrogen-bond donors (Lipinski definition) is 0. The molecule has 4 rings (SSSR count). The molecule has 2 heterocycles. The SMILES string of the molecule is C=C[C@H]1CN(S(=O)(=O)c2ccc(C)cc2)CC[C@@]12C=Nc1ccc(OC)cc12. The molecule has 2 aliphatic rings. The van der Waals surface area contributed by atoms with Crippen LogP contribution in [0.4, 0.5) is 5.69 Å². The highest BCUT2D eigenvalue weighted by Crippen LogP contribution is 2.48. The van der Waals surface area contributed by atoms with Crippen molar-refractivity contribution >= 4 is 21.9 Å². The summed E-state index contributed by atoms with van der Waals surface area (Å²) in [4.78, 5) is 4.94. The first-order chi connectivity index (χ1) is 13.4. The number of sulfonamides is 1. The molecule has 0 bridgehead atoms. The molecule has 6 heteroatoms. The molecule has 1 spiro atoms. The van der Waals surface area contributed by atoms with E-state index in [1.165, 1.54) is 0 Å². The van der Waals surface area contributed by atoms with Gasteiger partial charge in [-0.15, -0.1) is 6.58 Å². The lowest BCUT2D eigenvalue weighted by atomic mass is 9.67. The van der Waals surface area contributed by atoms with E-state index < -0.39 is 10.0 Å². The molecule has 146 valence electrons. The summed E-state index contributed by atoms with van der Waals surface area (Å²) in [5.41, 5.74) is 2.70. The highest BCUT2D eigenvalue weighted by Gasteiger charge is 2.47. The van der Waals surface area contributed by atoms with Gasteiger partial charge in [-0.05, 0) is 49.2 Å². The number of methoxy groups -OCH3 is 1. The van der Waals surface area contributed by atoms with Gasteiger partial charge in [-0.1, -0.05) is 23.8 Å². The Balaban J connectivity index is 1.67. The summed E-state index contributed by atoms with van der Waals surface area (Å²) < 4.78 is 33.3. The Kier molecular flexibility index (Phi) is 4.63. The molecule has 1 fully saturated rings. The van der Waals surface area contributed by atoms with Gasteiger partial charge in [-0.2, -0.15) is 4.31 Å². The largest absolute Gasteiger partial charge is 0.497 e. The number of hydrogen-bond acceptors (Lipinski definition) is 4. The zero-order valence-corrected chi connectivity index (χ0v) is 16.9. The van der Waals surface area contributed by atoms with Crippen LogP contribution in [0.25, 0.3) is 0 Å². The quantitative estimate of drug-likeness (QED) is 0.738. The Labute approximate surface area is 166 Å².